The van der Waals surface area contributed by atoms with Crippen LogP contribution in [0.5, 0.6) is 0 Å². The SMILES string of the molecule is C#Cc1c(CCCCCCCCCCCCO)c2ccccc2c2ccccc12. The highest BCUT2D eigenvalue weighted by Gasteiger charge is 2.12. The van der Waals surface area contributed by atoms with Crippen LogP contribution in [0.2, 0.25) is 0 Å². The molecule has 0 saturated heterocycles. The first-order valence-corrected chi connectivity index (χ1v) is 11.4. The van der Waals surface area contributed by atoms with Gasteiger partial charge in [-0.25, -0.2) is 0 Å². The highest BCUT2D eigenvalue weighted by atomic mass is 16.2. The molecule has 1 heteroatoms. The fourth-order valence-corrected chi connectivity index (χ4v) is 4.47. The van der Waals surface area contributed by atoms with Crippen molar-refractivity contribution in [2.24, 2.45) is 0 Å². The fraction of sp³-hybridized carbons (Fsp3) is 0.429. The van der Waals surface area contributed by atoms with E-state index in [1.165, 1.54) is 84.9 Å². The van der Waals surface area contributed by atoms with Crippen LogP contribution in [0.3, 0.4) is 0 Å². The van der Waals surface area contributed by atoms with Crippen LogP contribution >= 0.6 is 0 Å². The third-order valence-corrected chi connectivity index (χ3v) is 6.02. The van der Waals surface area contributed by atoms with Crippen molar-refractivity contribution in [2.75, 3.05) is 6.61 Å². The van der Waals surface area contributed by atoms with E-state index in [0.717, 1.165) is 18.4 Å². The van der Waals surface area contributed by atoms with Gasteiger partial charge in [-0.1, -0.05) is 106 Å². The third-order valence-electron chi connectivity index (χ3n) is 6.02. The molecule has 0 aliphatic rings. The van der Waals surface area contributed by atoms with Crippen molar-refractivity contribution in [1.82, 2.24) is 0 Å². The first-order chi connectivity index (χ1) is 14.4. The molecular weight excluding hydrogens is 352 g/mol. The van der Waals surface area contributed by atoms with Gasteiger partial charge in [-0.3, -0.25) is 0 Å². The number of benzene rings is 3. The molecule has 3 rings (SSSR count). The van der Waals surface area contributed by atoms with Gasteiger partial charge in [0, 0.05) is 12.2 Å². The lowest BCUT2D eigenvalue weighted by Gasteiger charge is -2.14. The molecule has 0 unspecified atom stereocenters. The number of aliphatic hydroxyl groups excluding tert-OH is 1. The highest BCUT2D eigenvalue weighted by Crippen LogP contribution is 2.33. The van der Waals surface area contributed by atoms with Crippen molar-refractivity contribution in [3.63, 3.8) is 0 Å². The first kappa shape index (κ1) is 21.4. The largest absolute Gasteiger partial charge is 0.396 e. The van der Waals surface area contributed by atoms with E-state index in [1.54, 1.807) is 0 Å². The van der Waals surface area contributed by atoms with E-state index in [0.29, 0.717) is 6.61 Å². The second-order valence-electron chi connectivity index (χ2n) is 8.10. The summed E-state index contributed by atoms with van der Waals surface area (Å²) in [5.74, 6) is 3.00. The zero-order valence-electron chi connectivity index (χ0n) is 17.6. The summed E-state index contributed by atoms with van der Waals surface area (Å²) in [4.78, 5) is 0. The molecule has 29 heavy (non-hydrogen) atoms. The average molecular weight is 387 g/mol. The molecule has 0 aliphatic carbocycles. The van der Waals surface area contributed by atoms with Crippen molar-refractivity contribution in [2.45, 2.75) is 70.6 Å². The van der Waals surface area contributed by atoms with Gasteiger partial charge >= 0.3 is 0 Å². The molecule has 0 spiro atoms. The molecule has 0 saturated carbocycles. The second-order valence-corrected chi connectivity index (χ2v) is 8.10. The predicted octanol–water partition coefficient (Wildman–Crippen LogP) is 7.41. The van der Waals surface area contributed by atoms with Gasteiger partial charge in [0.15, 0.2) is 0 Å². The van der Waals surface area contributed by atoms with Crippen LogP contribution in [0.25, 0.3) is 21.5 Å². The van der Waals surface area contributed by atoms with Crippen LogP contribution in [-0.2, 0) is 6.42 Å². The van der Waals surface area contributed by atoms with Crippen LogP contribution in [-0.4, -0.2) is 11.7 Å². The summed E-state index contributed by atoms with van der Waals surface area (Å²) in [6, 6.07) is 17.2. The lowest BCUT2D eigenvalue weighted by Crippen LogP contribution is -1.96. The molecule has 3 aromatic carbocycles. The van der Waals surface area contributed by atoms with Crippen LogP contribution in [0.1, 0.15) is 75.3 Å². The Bertz CT molecular complexity index is 948. The van der Waals surface area contributed by atoms with E-state index >= 15 is 0 Å². The van der Waals surface area contributed by atoms with Gasteiger partial charge in [-0.15, -0.1) is 6.42 Å². The maximum absolute atomic E-state index is 8.80. The summed E-state index contributed by atoms with van der Waals surface area (Å²) in [6.45, 7) is 0.341. The van der Waals surface area contributed by atoms with Gasteiger partial charge in [0.1, 0.15) is 0 Å². The smallest absolute Gasteiger partial charge is 0.0431 e. The van der Waals surface area contributed by atoms with Gasteiger partial charge in [-0.2, -0.15) is 0 Å². The summed E-state index contributed by atoms with van der Waals surface area (Å²) in [5.41, 5.74) is 2.44. The number of fused-ring (bicyclic) bond motifs is 3. The molecule has 0 bridgehead atoms. The molecule has 1 nitrogen and oxygen atoms in total. The normalized spacial score (nSPS) is 11.2. The van der Waals surface area contributed by atoms with Crippen LogP contribution in [0, 0.1) is 12.3 Å². The Morgan fingerprint density at radius 2 is 1.03 bits per heavy atom. The molecular formula is C28H34O. The zero-order chi connectivity index (χ0) is 20.3. The lowest BCUT2D eigenvalue weighted by atomic mass is 9.89. The monoisotopic (exact) mass is 386 g/mol. The Morgan fingerprint density at radius 3 is 1.59 bits per heavy atom. The van der Waals surface area contributed by atoms with Crippen molar-refractivity contribution in [3.05, 3.63) is 59.7 Å². The van der Waals surface area contributed by atoms with Gasteiger partial charge in [0.2, 0.25) is 0 Å². The number of aliphatic hydroxyl groups is 1. The molecule has 3 aromatic rings. The maximum atomic E-state index is 8.80. The van der Waals surface area contributed by atoms with Crippen molar-refractivity contribution < 1.29 is 5.11 Å². The molecule has 0 radical (unpaired) electrons. The zero-order valence-corrected chi connectivity index (χ0v) is 17.6. The number of hydrogen-bond acceptors (Lipinski definition) is 1. The molecule has 152 valence electrons. The summed E-state index contributed by atoms with van der Waals surface area (Å²) < 4.78 is 0. The number of unbranched alkanes of at least 4 members (excludes halogenated alkanes) is 9. The molecule has 1 N–H and O–H groups in total. The Kier molecular flexibility index (Phi) is 8.59. The number of rotatable bonds is 12. The van der Waals surface area contributed by atoms with Gasteiger partial charge in [0.05, 0.1) is 0 Å². The van der Waals surface area contributed by atoms with Crippen LogP contribution in [0.4, 0.5) is 0 Å². The second kappa shape index (κ2) is 11.6. The van der Waals surface area contributed by atoms with E-state index < -0.39 is 0 Å². The Hall–Kier alpha value is -2.30. The third kappa shape index (κ3) is 5.62. The summed E-state index contributed by atoms with van der Waals surface area (Å²) in [5, 5.41) is 13.9. The Labute approximate surface area is 176 Å². The van der Waals surface area contributed by atoms with E-state index in [9.17, 15) is 0 Å². The standard InChI is InChI=1S/C28H34O/c1-2-23-24(17-11-9-7-5-3-4-6-8-10-16-22-29)26-20-14-15-21-28(26)27-19-13-12-18-25(23)27/h1,12-15,18-21,29H,3-11,16-17,22H2. The van der Waals surface area contributed by atoms with Gasteiger partial charge in [-0.05, 0) is 46.4 Å². The van der Waals surface area contributed by atoms with Crippen LogP contribution < -0.4 is 0 Å². The Morgan fingerprint density at radius 1 is 0.586 bits per heavy atom. The summed E-state index contributed by atoms with van der Waals surface area (Å²) in [6.07, 6.45) is 19.6. The lowest BCUT2D eigenvalue weighted by molar-refractivity contribution is 0.282. The first-order valence-electron chi connectivity index (χ1n) is 11.4. The minimum absolute atomic E-state index is 0.341. The number of hydrogen-bond donors (Lipinski definition) is 1. The van der Waals surface area contributed by atoms with Gasteiger partial charge in [0.25, 0.3) is 0 Å². The quantitative estimate of drug-likeness (QED) is 0.195. The number of terminal acetylenes is 1. The van der Waals surface area contributed by atoms with Gasteiger partial charge < -0.3 is 5.11 Å². The van der Waals surface area contributed by atoms with Crippen molar-refractivity contribution in [1.29, 1.82) is 0 Å². The van der Waals surface area contributed by atoms with E-state index in [-0.39, 0.29) is 0 Å². The van der Waals surface area contributed by atoms with E-state index in [4.69, 9.17) is 11.5 Å². The molecule has 0 fully saturated rings. The Balaban J connectivity index is 1.56. The fourth-order valence-electron chi connectivity index (χ4n) is 4.47. The number of aryl methyl sites for hydroxylation is 1. The minimum atomic E-state index is 0.341. The van der Waals surface area contributed by atoms with Crippen molar-refractivity contribution in [3.8, 4) is 12.3 Å². The molecule has 0 heterocycles. The molecule has 0 aromatic heterocycles. The molecule has 0 aliphatic heterocycles. The highest BCUT2D eigenvalue weighted by molar-refractivity contribution is 6.11. The minimum Gasteiger partial charge on any atom is -0.396 e. The molecule has 0 amide bonds. The van der Waals surface area contributed by atoms with E-state index in [1.807, 2.05) is 0 Å². The summed E-state index contributed by atoms with van der Waals surface area (Å²) >= 11 is 0. The maximum Gasteiger partial charge on any atom is 0.0431 e. The average Bonchev–Trinajstić information content (AvgIpc) is 2.77. The van der Waals surface area contributed by atoms with Crippen LogP contribution in [0.15, 0.2) is 48.5 Å². The van der Waals surface area contributed by atoms with Crippen molar-refractivity contribution >= 4 is 21.5 Å². The summed E-state index contributed by atoms with van der Waals surface area (Å²) in [7, 11) is 0. The molecule has 0 atom stereocenters. The predicted molar refractivity (Wildman–Crippen MR) is 126 cm³/mol. The topological polar surface area (TPSA) is 20.2 Å². The van der Waals surface area contributed by atoms with E-state index in [2.05, 4.69) is 54.5 Å².